The largest absolute Gasteiger partial charge is 0.416 e. The van der Waals surface area contributed by atoms with Gasteiger partial charge in [-0.15, -0.1) is 0 Å². The Morgan fingerprint density at radius 3 is 2.35 bits per heavy atom. The molecule has 1 aliphatic heterocycles. The standard InChI is InChI=1S/C23H19F3N2O3/c1-22(16-11-10-14-6-2-3-7-15(14)12-16)20(30)28(21(31)27-22)13-19(29)17-8-4-5-9-18(17)23(24,25)26/h2-12,19,29H,13H2,1H3,(H,27,31)/t19-,22-/m1/s1. The van der Waals surface area contributed by atoms with Crippen LogP contribution in [0.4, 0.5) is 18.0 Å². The van der Waals surface area contributed by atoms with Gasteiger partial charge in [-0.25, -0.2) is 4.79 Å². The number of β-amino-alcohol motifs (C(OH)–C–C–N with tert-alkyl or cyclic N) is 1. The van der Waals surface area contributed by atoms with Gasteiger partial charge in [-0.3, -0.25) is 9.69 Å². The smallest absolute Gasteiger partial charge is 0.387 e. The normalized spacial score (nSPS) is 20.2. The lowest BCUT2D eigenvalue weighted by molar-refractivity contribution is -0.139. The van der Waals surface area contributed by atoms with Gasteiger partial charge in [0.2, 0.25) is 0 Å². The molecule has 0 aromatic heterocycles. The number of hydrogen-bond donors (Lipinski definition) is 2. The average Bonchev–Trinajstić information content (AvgIpc) is 2.96. The van der Waals surface area contributed by atoms with Crippen molar-refractivity contribution in [1.82, 2.24) is 10.2 Å². The zero-order valence-corrected chi connectivity index (χ0v) is 16.5. The zero-order valence-electron chi connectivity index (χ0n) is 16.5. The topological polar surface area (TPSA) is 69.6 Å². The Balaban J connectivity index is 1.63. The minimum Gasteiger partial charge on any atom is -0.387 e. The van der Waals surface area contributed by atoms with E-state index in [1.807, 2.05) is 30.3 Å². The minimum atomic E-state index is -4.67. The lowest BCUT2D eigenvalue weighted by Gasteiger charge is -2.24. The SMILES string of the molecule is C[C@]1(c2ccc3ccccc3c2)NC(=O)N(C[C@@H](O)c2ccccc2C(F)(F)F)C1=O. The Labute approximate surface area is 176 Å². The number of benzene rings is 3. The average molecular weight is 428 g/mol. The van der Waals surface area contributed by atoms with E-state index >= 15 is 0 Å². The highest BCUT2D eigenvalue weighted by atomic mass is 19.4. The monoisotopic (exact) mass is 428 g/mol. The number of carbonyl (C=O) groups excluding carboxylic acids is 2. The van der Waals surface area contributed by atoms with Crippen LogP contribution in [0.15, 0.2) is 66.7 Å². The van der Waals surface area contributed by atoms with Crippen LogP contribution in [-0.2, 0) is 16.5 Å². The van der Waals surface area contributed by atoms with Gasteiger partial charge < -0.3 is 10.4 Å². The van der Waals surface area contributed by atoms with Gasteiger partial charge in [0.05, 0.1) is 18.2 Å². The summed E-state index contributed by atoms with van der Waals surface area (Å²) in [5.74, 6) is -0.642. The van der Waals surface area contributed by atoms with E-state index in [1.54, 1.807) is 12.1 Å². The number of nitrogens with zero attached hydrogens (tertiary/aromatic N) is 1. The molecular weight excluding hydrogens is 409 g/mol. The highest BCUT2D eigenvalue weighted by Crippen LogP contribution is 2.36. The molecule has 4 rings (SSSR count). The molecule has 160 valence electrons. The third-order valence-corrected chi connectivity index (χ3v) is 5.58. The van der Waals surface area contributed by atoms with Crippen LogP contribution in [-0.4, -0.2) is 28.5 Å². The second kappa shape index (κ2) is 7.39. The van der Waals surface area contributed by atoms with Crippen LogP contribution in [0.25, 0.3) is 10.8 Å². The fraction of sp³-hybridized carbons (Fsp3) is 0.217. The minimum absolute atomic E-state index is 0.394. The molecule has 5 nitrogen and oxygen atoms in total. The number of aliphatic hydroxyl groups excluding tert-OH is 1. The number of nitrogens with one attached hydrogen (secondary N) is 1. The lowest BCUT2D eigenvalue weighted by atomic mass is 9.90. The van der Waals surface area contributed by atoms with Gasteiger partial charge in [-0.2, -0.15) is 13.2 Å². The maximum atomic E-state index is 13.3. The van der Waals surface area contributed by atoms with Crippen molar-refractivity contribution < 1.29 is 27.9 Å². The van der Waals surface area contributed by atoms with E-state index in [2.05, 4.69) is 5.32 Å². The number of imide groups is 1. The highest BCUT2D eigenvalue weighted by Gasteiger charge is 2.49. The summed E-state index contributed by atoms with van der Waals surface area (Å²) in [6.07, 6.45) is -6.36. The van der Waals surface area contributed by atoms with Crippen LogP contribution >= 0.6 is 0 Å². The molecule has 0 unspecified atom stereocenters. The first-order chi connectivity index (χ1) is 14.6. The zero-order chi connectivity index (χ0) is 22.4. The molecule has 31 heavy (non-hydrogen) atoms. The van der Waals surface area contributed by atoms with Gasteiger partial charge in [0, 0.05) is 0 Å². The Morgan fingerprint density at radius 2 is 1.65 bits per heavy atom. The van der Waals surface area contributed by atoms with Gasteiger partial charge in [-0.1, -0.05) is 54.6 Å². The molecule has 2 N–H and O–H groups in total. The number of aliphatic hydroxyl groups is 1. The molecule has 8 heteroatoms. The number of carbonyl (C=O) groups is 2. The predicted octanol–water partition coefficient (Wildman–Crippen LogP) is 4.36. The molecule has 3 aromatic rings. The van der Waals surface area contributed by atoms with Gasteiger partial charge in [0.15, 0.2) is 0 Å². The number of hydrogen-bond acceptors (Lipinski definition) is 3. The van der Waals surface area contributed by atoms with Crippen molar-refractivity contribution in [2.45, 2.75) is 24.7 Å². The summed E-state index contributed by atoms with van der Waals surface area (Å²) in [6, 6.07) is 16.6. The second-order valence-corrected chi connectivity index (χ2v) is 7.63. The third kappa shape index (κ3) is 3.63. The fourth-order valence-corrected chi connectivity index (χ4v) is 3.88. The highest BCUT2D eigenvalue weighted by molar-refractivity contribution is 6.07. The van der Waals surface area contributed by atoms with Crippen molar-refractivity contribution in [2.75, 3.05) is 6.54 Å². The molecule has 3 amide bonds. The summed E-state index contributed by atoms with van der Waals surface area (Å²) in [5, 5.41) is 14.9. The van der Waals surface area contributed by atoms with Crippen molar-refractivity contribution in [2.24, 2.45) is 0 Å². The van der Waals surface area contributed by atoms with E-state index in [1.165, 1.54) is 19.1 Å². The first kappa shape index (κ1) is 20.9. The van der Waals surface area contributed by atoms with Gasteiger partial charge in [0.1, 0.15) is 5.54 Å². The molecule has 1 aliphatic rings. The molecule has 1 fully saturated rings. The lowest BCUT2D eigenvalue weighted by Crippen LogP contribution is -2.41. The maximum absolute atomic E-state index is 13.3. The van der Waals surface area contributed by atoms with Crippen LogP contribution < -0.4 is 5.32 Å². The van der Waals surface area contributed by atoms with Crippen LogP contribution in [0.1, 0.15) is 29.7 Å². The molecular formula is C23H19F3N2O3. The molecule has 2 atom stereocenters. The van der Waals surface area contributed by atoms with Crippen molar-refractivity contribution in [3.05, 3.63) is 83.4 Å². The second-order valence-electron chi connectivity index (χ2n) is 7.63. The molecule has 3 aromatic carbocycles. The predicted molar refractivity (Wildman–Crippen MR) is 108 cm³/mol. The van der Waals surface area contributed by atoms with Crippen molar-refractivity contribution >= 4 is 22.7 Å². The maximum Gasteiger partial charge on any atom is 0.416 e. The van der Waals surface area contributed by atoms with Crippen LogP contribution in [0.2, 0.25) is 0 Å². The number of rotatable bonds is 4. The Bertz CT molecular complexity index is 1180. The van der Waals surface area contributed by atoms with Crippen molar-refractivity contribution in [3.8, 4) is 0 Å². The summed E-state index contributed by atoms with van der Waals surface area (Å²) >= 11 is 0. The van der Waals surface area contributed by atoms with Gasteiger partial charge >= 0.3 is 12.2 Å². The number of fused-ring (bicyclic) bond motifs is 1. The molecule has 1 heterocycles. The van der Waals surface area contributed by atoms with E-state index in [-0.39, 0.29) is 0 Å². The molecule has 0 aliphatic carbocycles. The number of urea groups is 1. The van der Waals surface area contributed by atoms with E-state index in [0.29, 0.717) is 5.56 Å². The summed E-state index contributed by atoms with van der Waals surface area (Å²) in [5.41, 5.74) is -2.26. The van der Waals surface area contributed by atoms with Crippen LogP contribution in [0, 0.1) is 0 Å². The number of amides is 3. The van der Waals surface area contributed by atoms with Gasteiger partial charge in [0.25, 0.3) is 5.91 Å². The molecule has 0 saturated carbocycles. The van der Waals surface area contributed by atoms with E-state index in [4.69, 9.17) is 0 Å². The number of halogens is 3. The van der Waals surface area contributed by atoms with E-state index < -0.39 is 47.4 Å². The Kier molecular flexibility index (Phi) is 4.97. The summed E-state index contributed by atoms with van der Waals surface area (Å²) in [7, 11) is 0. The Morgan fingerprint density at radius 1 is 1.00 bits per heavy atom. The van der Waals surface area contributed by atoms with Crippen molar-refractivity contribution in [1.29, 1.82) is 0 Å². The molecule has 0 spiro atoms. The van der Waals surface area contributed by atoms with E-state index in [9.17, 15) is 27.9 Å². The quantitative estimate of drug-likeness (QED) is 0.607. The van der Waals surface area contributed by atoms with Gasteiger partial charge in [-0.05, 0) is 41.0 Å². The third-order valence-electron chi connectivity index (χ3n) is 5.58. The fourth-order valence-electron chi connectivity index (χ4n) is 3.88. The summed E-state index contributed by atoms with van der Waals surface area (Å²) in [6.45, 7) is 0.939. The molecule has 0 bridgehead atoms. The summed E-state index contributed by atoms with van der Waals surface area (Å²) in [4.78, 5) is 26.4. The first-order valence-corrected chi connectivity index (χ1v) is 9.59. The first-order valence-electron chi connectivity index (χ1n) is 9.59. The van der Waals surface area contributed by atoms with Crippen LogP contribution in [0.3, 0.4) is 0 Å². The summed E-state index contributed by atoms with van der Waals surface area (Å²) < 4.78 is 39.8. The molecule has 0 radical (unpaired) electrons. The van der Waals surface area contributed by atoms with Crippen LogP contribution in [0.5, 0.6) is 0 Å². The van der Waals surface area contributed by atoms with E-state index in [0.717, 1.165) is 27.8 Å². The Hall–Kier alpha value is -3.39. The molecule has 1 saturated heterocycles. The number of alkyl halides is 3. The van der Waals surface area contributed by atoms with Crippen molar-refractivity contribution in [3.63, 3.8) is 0 Å².